The van der Waals surface area contributed by atoms with Crippen molar-refractivity contribution in [1.29, 1.82) is 0 Å². The van der Waals surface area contributed by atoms with Crippen molar-refractivity contribution in [2.24, 2.45) is 5.92 Å². The van der Waals surface area contributed by atoms with Crippen LogP contribution in [-0.2, 0) is 0 Å². The molecule has 0 unspecified atom stereocenters. The third-order valence-corrected chi connectivity index (χ3v) is 4.18. The molecule has 1 fully saturated rings. The third-order valence-electron chi connectivity index (χ3n) is 3.13. The SMILES string of the molecule is O=C(O)c1ccnc(C(=O)NCC2CCSCC2)c1. The number of carboxylic acids is 1. The average molecular weight is 280 g/mol. The molecule has 1 amide bonds. The Hall–Kier alpha value is -1.56. The fourth-order valence-corrected chi connectivity index (χ4v) is 3.17. The highest BCUT2D eigenvalue weighted by Gasteiger charge is 2.16. The van der Waals surface area contributed by atoms with Crippen LogP contribution < -0.4 is 5.32 Å². The first-order chi connectivity index (χ1) is 9.16. The van der Waals surface area contributed by atoms with Crippen molar-refractivity contribution in [2.75, 3.05) is 18.1 Å². The minimum Gasteiger partial charge on any atom is -0.478 e. The predicted molar refractivity (Wildman–Crippen MR) is 73.6 cm³/mol. The Kier molecular flexibility index (Phi) is 4.79. The maximum Gasteiger partial charge on any atom is 0.335 e. The molecule has 1 saturated heterocycles. The van der Waals surface area contributed by atoms with Gasteiger partial charge in [0.05, 0.1) is 5.56 Å². The summed E-state index contributed by atoms with van der Waals surface area (Å²) in [6, 6.07) is 2.67. The number of thioether (sulfide) groups is 1. The highest BCUT2D eigenvalue weighted by Crippen LogP contribution is 2.21. The molecule has 1 aromatic heterocycles. The van der Waals surface area contributed by atoms with Crippen LogP contribution in [0.5, 0.6) is 0 Å². The number of aromatic carboxylic acids is 1. The van der Waals surface area contributed by atoms with Crippen LogP contribution in [0.4, 0.5) is 0 Å². The summed E-state index contributed by atoms with van der Waals surface area (Å²) in [4.78, 5) is 26.6. The molecule has 0 aliphatic carbocycles. The lowest BCUT2D eigenvalue weighted by Gasteiger charge is -2.21. The maximum atomic E-state index is 11.9. The number of nitrogens with one attached hydrogen (secondary N) is 1. The zero-order valence-electron chi connectivity index (χ0n) is 10.5. The van der Waals surface area contributed by atoms with E-state index in [2.05, 4.69) is 10.3 Å². The van der Waals surface area contributed by atoms with Gasteiger partial charge in [-0.3, -0.25) is 9.78 Å². The maximum absolute atomic E-state index is 11.9. The third kappa shape index (κ3) is 3.96. The Morgan fingerprint density at radius 3 is 2.84 bits per heavy atom. The second-order valence-electron chi connectivity index (χ2n) is 4.50. The minimum atomic E-state index is -1.05. The van der Waals surface area contributed by atoms with Crippen molar-refractivity contribution in [3.05, 3.63) is 29.6 Å². The van der Waals surface area contributed by atoms with Crippen molar-refractivity contribution < 1.29 is 14.7 Å². The van der Waals surface area contributed by atoms with Crippen LogP contribution in [0.3, 0.4) is 0 Å². The number of nitrogens with zero attached hydrogens (tertiary/aromatic N) is 1. The van der Waals surface area contributed by atoms with Gasteiger partial charge in [0.25, 0.3) is 5.91 Å². The molecule has 2 rings (SSSR count). The van der Waals surface area contributed by atoms with E-state index in [0.29, 0.717) is 12.5 Å². The molecule has 6 heteroatoms. The lowest BCUT2D eigenvalue weighted by Crippen LogP contribution is -2.31. The molecule has 2 heterocycles. The molecular formula is C13H16N2O3S. The first kappa shape index (κ1) is 13.9. The Labute approximate surface area is 115 Å². The summed E-state index contributed by atoms with van der Waals surface area (Å²) in [7, 11) is 0. The van der Waals surface area contributed by atoms with Gasteiger partial charge in [0.2, 0.25) is 0 Å². The normalized spacial score (nSPS) is 16.0. The number of amides is 1. The van der Waals surface area contributed by atoms with E-state index in [-0.39, 0.29) is 17.2 Å². The number of rotatable bonds is 4. The number of pyridine rings is 1. The molecule has 1 aromatic rings. The van der Waals surface area contributed by atoms with Crippen molar-refractivity contribution >= 4 is 23.6 Å². The highest BCUT2D eigenvalue weighted by molar-refractivity contribution is 7.99. The molecule has 0 spiro atoms. The van der Waals surface area contributed by atoms with Gasteiger partial charge in [-0.1, -0.05) is 0 Å². The average Bonchev–Trinajstić information content (AvgIpc) is 2.46. The molecule has 0 saturated carbocycles. The van der Waals surface area contributed by atoms with E-state index in [4.69, 9.17) is 5.11 Å². The van der Waals surface area contributed by atoms with E-state index >= 15 is 0 Å². The molecule has 0 bridgehead atoms. The Morgan fingerprint density at radius 1 is 1.42 bits per heavy atom. The van der Waals surface area contributed by atoms with Crippen LogP contribution in [0.2, 0.25) is 0 Å². The monoisotopic (exact) mass is 280 g/mol. The smallest absolute Gasteiger partial charge is 0.335 e. The van der Waals surface area contributed by atoms with Gasteiger partial charge in [-0.15, -0.1) is 0 Å². The fourth-order valence-electron chi connectivity index (χ4n) is 1.97. The van der Waals surface area contributed by atoms with Crippen molar-refractivity contribution in [2.45, 2.75) is 12.8 Å². The van der Waals surface area contributed by atoms with Gasteiger partial charge in [-0.2, -0.15) is 11.8 Å². The standard InChI is InChI=1S/C13H16N2O3S/c16-12(15-8-9-2-5-19-6-3-9)11-7-10(13(17)18)1-4-14-11/h1,4,7,9H,2-3,5-6,8H2,(H,15,16)(H,17,18). The summed E-state index contributed by atoms with van der Waals surface area (Å²) in [6.45, 7) is 0.637. The molecule has 0 atom stereocenters. The van der Waals surface area contributed by atoms with Crippen LogP contribution in [0.15, 0.2) is 18.3 Å². The molecule has 0 aromatic carbocycles. The van der Waals surface area contributed by atoms with Gasteiger partial charge in [-0.05, 0) is 42.4 Å². The first-order valence-corrected chi connectivity index (χ1v) is 7.37. The van der Waals surface area contributed by atoms with Crippen LogP contribution in [0.25, 0.3) is 0 Å². The Balaban J connectivity index is 1.92. The van der Waals surface area contributed by atoms with Gasteiger partial charge in [0, 0.05) is 12.7 Å². The van der Waals surface area contributed by atoms with E-state index in [1.807, 2.05) is 11.8 Å². The predicted octanol–water partition coefficient (Wildman–Crippen LogP) is 1.65. The molecule has 2 N–H and O–H groups in total. The molecular weight excluding hydrogens is 264 g/mol. The largest absolute Gasteiger partial charge is 0.478 e. The van der Waals surface area contributed by atoms with Gasteiger partial charge < -0.3 is 10.4 Å². The van der Waals surface area contributed by atoms with Crippen LogP contribution in [0.1, 0.15) is 33.7 Å². The molecule has 102 valence electrons. The fraction of sp³-hybridized carbons (Fsp3) is 0.462. The number of carbonyl (C=O) groups excluding carboxylic acids is 1. The molecule has 1 aliphatic heterocycles. The van der Waals surface area contributed by atoms with Gasteiger partial charge in [-0.25, -0.2) is 4.79 Å². The number of carbonyl (C=O) groups is 2. The summed E-state index contributed by atoms with van der Waals surface area (Å²) < 4.78 is 0. The summed E-state index contributed by atoms with van der Waals surface area (Å²) in [6.07, 6.45) is 3.58. The van der Waals surface area contributed by atoms with Gasteiger partial charge in [0.15, 0.2) is 0 Å². The number of hydrogen-bond donors (Lipinski definition) is 2. The summed E-state index contributed by atoms with van der Waals surface area (Å²) in [5, 5.41) is 11.7. The first-order valence-electron chi connectivity index (χ1n) is 6.22. The zero-order valence-corrected chi connectivity index (χ0v) is 11.3. The number of hydrogen-bond acceptors (Lipinski definition) is 4. The molecule has 19 heavy (non-hydrogen) atoms. The van der Waals surface area contributed by atoms with E-state index in [1.54, 1.807) is 0 Å². The Morgan fingerprint density at radius 2 is 2.16 bits per heavy atom. The Bertz CT molecular complexity index is 473. The lowest BCUT2D eigenvalue weighted by atomic mass is 10.0. The minimum absolute atomic E-state index is 0.0780. The van der Waals surface area contributed by atoms with Crippen molar-refractivity contribution in [1.82, 2.24) is 10.3 Å². The van der Waals surface area contributed by atoms with Crippen LogP contribution >= 0.6 is 11.8 Å². The topological polar surface area (TPSA) is 79.3 Å². The number of aromatic nitrogens is 1. The molecule has 0 radical (unpaired) electrons. The highest BCUT2D eigenvalue weighted by atomic mass is 32.2. The molecule has 5 nitrogen and oxygen atoms in total. The molecule has 1 aliphatic rings. The summed E-state index contributed by atoms with van der Waals surface area (Å²) in [5.74, 6) is 1.45. The van der Waals surface area contributed by atoms with Crippen LogP contribution in [0, 0.1) is 5.92 Å². The summed E-state index contributed by atoms with van der Waals surface area (Å²) in [5.41, 5.74) is 0.235. The zero-order chi connectivity index (χ0) is 13.7. The lowest BCUT2D eigenvalue weighted by molar-refractivity contribution is 0.0696. The number of carboxylic acid groups (broad SMARTS) is 1. The quantitative estimate of drug-likeness (QED) is 0.876. The second-order valence-corrected chi connectivity index (χ2v) is 5.73. The van der Waals surface area contributed by atoms with E-state index in [0.717, 1.165) is 24.3 Å². The van der Waals surface area contributed by atoms with Crippen molar-refractivity contribution in [3.8, 4) is 0 Å². The second kappa shape index (κ2) is 6.56. The van der Waals surface area contributed by atoms with Crippen molar-refractivity contribution in [3.63, 3.8) is 0 Å². The van der Waals surface area contributed by atoms with Gasteiger partial charge >= 0.3 is 5.97 Å². The van der Waals surface area contributed by atoms with Crippen LogP contribution in [-0.4, -0.2) is 40.0 Å². The van der Waals surface area contributed by atoms with Gasteiger partial charge in [0.1, 0.15) is 5.69 Å². The van der Waals surface area contributed by atoms with E-state index in [9.17, 15) is 9.59 Å². The van der Waals surface area contributed by atoms with E-state index in [1.165, 1.54) is 18.3 Å². The van der Waals surface area contributed by atoms with E-state index < -0.39 is 5.97 Å². The summed E-state index contributed by atoms with van der Waals surface area (Å²) >= 11 is 1.94.